The van der Waals surface area contributed by atoms with Gasteiger partial charge in [0.15, 0.2) is 0 Å². The molecule has 2 rings (SSSR count). The summed E-state index contributed by atoms with van der Waals surface area (Å²) in [7, 11) is 0. The number of nitrogens with zero attached hydrogens (tertiary/aromatic N) is 2. The van der Waals surface area contributed by atoms with Crippen molar-refractivity contribution in [2.24, 2.45) is 0 Å². The topological polar surface area (TPSA) is 35.0 Å². The molecule has 0 aliphatic carbocycles. The van der Waals surface area contributed by atoms with Gasteiger partial charge >= 0.3 is 0 Å². The first-order valence-corrected chi connectivity index (χ1v) is 5.00. The fourth-order valence-electron chi connectivity index (χ4n) is 1.33. The predicted molar refractivity (Wildman–Crippen MR) is 63.2 cm³/mol. The minimum Gasteiger partial charge on any atom is -0.473 e. The van der Waals surface area contributed by atoms with E-state index in [0.717, 1.165) is 11.1 Å². The summed E-state index contributed by atoms with van der Waals surface area (Å²) in [6.45, 7) is 4.05. The maximum Gasteiger partial charge on any atom is 0.213 e. The van der Waals surface area contributed by atoms with Gasteiger partial charge in [0.05, 0.1) is 0 Å². The number of rotatable bonds is 4. The van der Waals surface area contributed by atoms with Crippen LogP contribution in [0.2, 0.25) is 0 Å². The summed E-state index contributed by atoms with van der Waals surface area (Å²) >= 11 is 0. The Morgan fingerprint density at radius 2 is 1.94 bits per heavy atom. The van der Waals surface area contributed by atoms with E-state index in [9.17, 15) is 0 Å². The molecule has 3 nitrogen and oxygen atoms in total. The normalized spacial score (nSPS) is 9.75. The lowest BCUT2D eigenvalue weighted by Crippen LogP contribution is -1.94. The van der Waals surface area contributed by atoms with Gasteiger partial charge in [0.2, 0.25) is 5.88 Å². The van der Waals surface area contributed by atoms with E-state index in [1.807, 2.05) is 24.3 Å². The first-order chi connectivity index (χ1) is 7.90. The summed E-state index contributed by atoms with van der Waals surface area (Å²) in [6.07, 6.45) is 7.00. The third kappa shape index (κ3) is 2.45. The van der Waals surface area contributed by atoms with Crippen LogP contribution in [0.5, 0.6) is 5.88 Å². The van der Waals surface area contributed by atoms with Gasteiger partial charge < -0.3 is 4.74 Å². The largest absolute Gasteiger partial charge is 0.473 e. The van der Waals surface area contributed by atoms with Gasteiger partial charge in [0, 0.05) is 30.2 Å². The highest BCUT2D eigenvalue weighted by atomic mass is 16.5. The average molecular weight is 212 g/mol. The van der Waals surface area contributed by atoms with Crippen molar-refractivity contribution < 1.29 is 4.74 Å². The van der Waals surface area contributed by atoms with Crippen LogP contribution in [-0.2, 0) is 0 Å². The second kappa shape index (κ2) is 5.07. The number of hydrogen-bond acceptors (Lipinski definition) is 3. The van der Waals surface area contributed by atoms with Crippen LogP contribution in [-0.4, -0.2) is 16.6 Å². The zero-order chi connectivity index (χ0) is 11.2. The molecule has 0 bridgehead atoms. The molecule has 2 aromatic rings. The molecule has 0 amide bonds. The Bertz CT molecular complexity index is 451. The van der Waals surface area contributed by atoms with Gasteiger partial charge in [-0.1, -0.05) is 12.7 Å². The SMILES string of the molecule is C=CCOc1ccc(-c2ccncc2)cn1. The molecule has 2 heterocycles. The minimum atomic E-state index is 0.474. The number of hydrogen-bond donors (Lipinski definition) is 0. The Morgan fingerprint density at radius 1 is 1.12 bits per heavy atom. The van der Waals surface area contributed by atoms with Crippen LogP contribution in [0.15, 0.2) is 55.5 Å². The van der Waals surface area contributed by atoms with Crippen molar-refractivity contribution in [2.75, 3.05) is 6.61 Å². The molecule has 3 heteroatoms. The van der Waals surface area contributed by atoms with Crippen molar-refractivity contribution in [2.45, 2.75) is 0 Å². The lowest BCUT2D eigenvalue weighted by atomic mass is 10.1. The molecule has 0 fully saturated rings. The first-order valence-electron chi connectivity index (χ1n) is 5.00. The highest BCUT2D eigenvalue weighted by Crippen LogP contribution is 2.18. The third-order valence-electron chi connectivity index (χ3n) is 2.10. The molecule has 0 radical (unpaired) electrons. The standard InChI is InChI=1S/C13H12N2O/c1-2-9-16-13-4-3-12(10-15-13)11-5-7-14-8-6-11/h2-8,10H,1,9H2. The quantitative estimate of drug-likeness (QED) is 0.731. The molecular weight excluding hydrogens is 200 g/mol. The fraction of sp³-hybridized carbons (Fsp3) is 0.0769. The average Bonchev–Trinajstić information content (AvgIpc) is 2.38. The first kappa shape index (κ1) is 10.4. The summed E-state index contributed by atoms with van der Waals surface area (Å²) in [5.41, 5.74) is 2.14. The van der Waals surface area contributed by atoms with Crippen LogP contribution in [0.1, 0.15) is 0 Å². The Balaban J connectivity index is 2.16. The molecule has 0 N–H and O–H groups in total. The minimum absolute atomic E-state index is 0.474. The molecule has 0 aliphatic heterocycles. The van der Waals surface area contributed by atoms with Crippen molar-refractivity contribution in [1.29, 1.82) is 0 Å². The van der Waals surface area contributed by atoms with Crippen LogP contribution < -0.4 is 4.74 Å². The van der Waals surface area contributed by atoms with Crippen molar-refractivity contribution in [3.8, 4) is 17.0 Å². The van der Waals surface area contributed by atoms with Crippen molar-refractivity contribution in [3.05, 3.63) is 55.5 Å². The lowest BCUT2D eigenvalue weighted by Gasteiger charge is -2.03. The summed E-state index contributed by atoms with van der Waals surface area (Å²) in [4.78, 5) is 8.17. The van der Waals surface area contributed by atoms with Crippen molar-refractivity contribution >= 4 is 0 Å². The maximum absolute atomic E-state index is 5.30. The Morgan fingerprint density at radius 3 is 2.56 bits per heavy atom. The van der Waals surface area contributed by atoms with E-state index in [0.29, 0.717) is 12.5 Å². The zero-order valence-electron chi connectivity index (χ0n) is 8.84. The third-order valence-corrected chi connectivity index (χ3v) is 2.10. The lowest BCUT2D eigenvalue weighted by molar-refractivity contribution is 0.349. The van der Waals surface area contributed by atoms with Gasteiger partial charge in [0.25, 0.3) is 0 Å². The van der Waals surface area contributed by atoms with Crippen LogP contribution in [0, 0.1) is 0 Å². The van der Waals surface area contributed by atoms with Gasteiger partial charge in [-0.25, -0.2) is 4.98 Å². The zero-order valence-corrected chi connectivity index (χ0v) is 8.84. The smallest absolute Gasteiger partial charge is 0.213 e. The summed E-state index contributed by atoms with van der Waals surface area (Å²) in [6, 6.07) is 7.71. The van der Waals surface area contributed by atoms with Crippen LogP contribution in [0.3, 0.4) is 0 Å². The van der Waals surface area contributed by atoms with Crippen LogP contribution >= 0.6 is 0 Å². The van der Waals surface area contributed by atoms with Crippen molar-refractivity contribution in [1.82, 2.24) is 9.97 Å². The van der Waals surface area contributed by atoms with Gasteiger partial charge in [-0.3, -0.25) is 4.98 Å². The van der Waals surface area contributed by atoms with E-state index in [4.69, 9.17) is 4.74 Å². The molecule has 0 saturated heterocycles. The summed E-state index contributed by atoms with van der Waals surface area (Å²) in [5.74, 6) is 0.609. The van der Waals surface area contributed by atoms with Crippen LogP contribution in [0.4, 0.5) is 0 Å². The highest BCUT2D eigenvalue weighted by Gasteiger charge is 1.98. The fourth-order valence-corrected chi connectivity index (χ4v) is 1.33. The molecule has 2 aromatic heterocycles. The molecule has 0 aromatic carbocycles. The number of aromatic nitrogens is 2. The predicted octanol–water partition coefficient (Wildman–Crippen LogP) is 2.71. The van der Waals surface area contributed by atoms with E-state index < -0.39 is 0 Å². The van der Waals surface area contributed by atoms with Crippen molar-refractivity contribution in [3.63, 3.8) is 0 Å². The van der Waals surface area contributed by atoms with E-state index in [-0.39, 0.29) is 0 Å². The molecule has 80 valence electrons. The molecule has 0 saturated carbocycles. The van der Waals surface area contributed by atoms with Gasteiger partial charge in [0.1, 0.15) is 6.61 Å². The summed E-state index contributed by atoms with van der Waals surface area (Å²) < 4.78 is 5.30. The van der Waals surface area contributed by atoms with E-state index in [2.05, 4.69) is 16.5 Å². The van der Waals surface area contributed by atoms with E-state index in [1.54, 1.807) is 24.7 Å². The maximum atomic E-state index is 5.30. The number of pyridine rings is 2. The summed E-state index contributed by atoms with van der Waals surface area (Å²) in [5, 5.41) is 0. The van der Waals surface area contributed by atoms with E-state index in [1.165, 1.54) is 0 Å². The molecule has 0 atom stereocenters. The monoisotopic (exact) mass is 212 g/mol. The molecule has 0 unspecified atom stereocenters. The molecule has 0 aliphatic rings. The van der Waals surface area contributed by atoms with Crippen LogP contribution in [0.25, 0.3) is 11.1 Å². The van der Waals surface area contributed by atoms with Gasteiger partial charge in [-0.2, -0.15) is 0 Å². The highest BCUT2D eigenvalue weighted by molar-refractivity contribution is 5.61. The molecule has 16 heavy (non-hydrogen) atoms. The Kier molecular flexibility index (Phi) is 3.28. The molecule has 0 spiro atoms. The van der Waals surface area contributed by atoms with Gasteiger partial charge in [-0.05, 0) is 23.8 Å². The second-order valence-corrected chi connectivity index (χ2v) is 3.22. The Labute approximate surface area is 94.4 Å². The molecular formula is C13H12N2O. The number of ether oxygens (including phenoxy) is 1. The second-order valence-electron chi connectivity index (χ2n) is 3.22. The van der Waals surface area contributed by atoms with Gasteiger partial charge in [-0.15, -0.1) is 0 Å². The van der Waals surface area contributed by atoms with E-state index >= 15 is 0 Å². The Hall–Kier alpha value is -2.16.